The first-order valence-electron chi connectivity index (χ1n) is 8.43. The molecule has 2 rings (SSSR count). The van der Waals surface area contributed by atoms with Gasteiger partial charge in [0.25, 0.3) is 5.91 Å². The lowest BCUT2D eigenvalue weighted by atomic mass is 10.0. The molecule has 0 bridgehead atoms. The minimum atomic E-state index is -0.950. The van der Waals surface area contributed by atoms with Crippen LogP contribution in [0.2, 0.25) is 0 Å². The summed E-state index contributed by atoms with van der Waals surface area (Å²) in [5, 5.41) is 9.33. The molecule has 6 nitrogen and oxygen atoms in total. The lowest BCUT2D eigenvalue weighted by Gasteiger charge is -2.33. The number of likely N-dealkylation sites (tertiary alicyclic amines) is 1. The molecule has 1 aromatic carbocycles. The summed E-state index contributed by atoms with van der Waals surface area (Å²) >= 11 is 0. The van der Waals surface area contributed by atoms with E-state index in [-0.39, 0.29) is 5.91 Å². The first-order valence-corrected chi connectivity index (χ1v) is 8.43. The topological polar surface area (TPSA) is 76.1 Å². The molecule has 1 fully saturated rings. The van der Waals surface area contributed by atoms with E-state index < -0.39 is 12.0 Å². The molecule has 0 unspecified atom stereocenters. The van der Waals surface area contributed by atoms with Crippen LogP contribution in [0.15, 0.2) is 18.2 Å². The van der Waals surface area contributed by atoms with Gasteiger partial charge in [0.05, 0.1) is 13.7 Å². The molecule has 1 atom stereocenters. The van der Waals surface area contributed by atoms with E-state index in [0.29, 0.717) is 36.6 Å². The van der Waals surface area contributed by atoms with E-state index in [4.69, 9.17) is 9.47 Å². The number of piperidine rings is 1. The molecule has 1 aliphatic heterocycles. The van der Waals surface area contributed by atoms with Gasteiger partial charge in [-0.15, -0.1) is 0 Å². The zero-order valence-electron chi connectivity index (χ0n) is 14.3. The van der Waals surface area contributed by atoms with Crippen molar-refractivity contribution in [3.05, 3.63) is 23.8 Å². The summed E-state index contributed by atoms with van der Waals surface area (Å²) in [6.07, 6.45) is 4.12. The van der Waals surface area contributed by atoms with Crippen LogP contribution in [0.4, 0.5) is 0 Å². The van der Waals surface area contributed by atoms with Gasteiger partial charge in [-0.2, -0.15) is 0 Å². The fraction of sp³-hybridized carbons (Fsp3) is 0.556. The van der Waals surface area contributed by atoms with Gasteiger partial charge in [0.1, 0.15) is 6.04 Å². The third-order valence-electron chi connectivity index (χ3n) is 4.21. The van der Waals surface area contributed by atoms with E-state index in [2.05, 4.69) is 6.92 Å². The summed E-state index contributed by atoms with van der Waals surface area (Å²) in [4.78, 5) is 25.5. The Balaban J connectivity index is 2.18. The van der Waals surface area contributed by atoms with Crippen LogP contribution in [-0.2, 0) is 4.79 Å². The second kappa shape index (κ2) is 8.57. The Labute approximate surface area is 142 Å². The van der Waals surface area contributed by atoms with Gasteiger partial charge < -0.3 is 19.5 Å². The molecule has 1 aliphatic rings. The van der Waals surface area contributed by atoms with E-state index in [1.54, 1.807) is 18.2 Å². The first-order chi connectivity index (χ1) is 11.6. The molecule has 6 heteroatoms. The molecular formula is C18H25NO5. The highest BCUT2D eigenvalue weighted by atomic mass is 16.5. The largest absolute Gasteiger partial charge is 0.493 e. The summed E-state index contributed by atoms with van der Waals surface area (Å²) in [5.74, 6) is -0.146. The van der Waals surface area contributed by atoms with Crippen molar-refractivity contribution < 1.29 is 24.2 Å². The number of carbonyl (C=O) groups excluding carboxylic acids is 1. The normalized spacial score (nSPS) is 17.4. The van der Waals surface area contributed by atoms with Crippen molar-refractivity contribution in [2.45, 2.75) is 45.1 Å². The van der Waals surface area contributed by atoms with E-state index in [1.807, 2.05) is 0 Å². The van der Waals surface area contributed by atoms with Crippen LogP contribution in [0.1, 0.15) is 49.4 Å². The highest BCUT2D eigenvalue weighted by molar-refractivity contribution is 5.97. The number of ether oxygens (including phenoxy) is 2. The number of hydrogen-bond acceptors (Lipinski definition) is 4. The minimum absolute atomic E-state index is 0.277. The zero-order valence-corrected chi connectivity index (χ0v) is 14.3. The van der Waals surface area contributed by atoms with E-state index in [0.717, 1.165) is 25.7 Å². The van der Waals surface area contributed by atoms with Crippen molar-refractivity contribution in [2.75, 3.05) is 20.3 Å². The molecule has 0 aliphatic carbocycles. The molecule has 0 saturated carbocycles. The molecule has 24 heavy (non-hydrogen) atoms. The second-order valence-corrected chi connectivity index (χ2v) is 5.92. The predicted octanol–water partition coefficient (Wildman–Crippen LogP) is 2.95. The second-order valence-electron chi connectivity index (χ2n) is 5.92. The number of nitrogens with zero attached hydrogens (tertiary/aromatic N) is 1. The Hall–Kier alpha value is -2.24. The Kier molecular flexibility index (Phi) is 6.46. The Morgan fingerprint density at radius 1 is 1.29 bits per heavy atom. The lowest BCUT2D eigenvalue weighted by molar-refractivity contribution is -0.143. The number of hydrogen-bond donors (Lipinski definition) is 1. The van der Waals surface area contributed by atoms with Gasteiger partial charge in [-0.05, 0) is 43.9 Å². The fourth-order valence-electron chi connectivity index (χ4n) is 2.84. The number of carbonyl (C=O) groups is 2. The standard InChI is InChI=1S/C18H25NO5/c1-3-4-11-24-15-9-8-13(12-16(15)23-2)17(20)19-10-6-5-7-14(19)18(21)22/h8-9,12,14H,3-7,10-11H2,1-2H3,(H,21,22)/t14-/m1/s1. The van der Waals surface area contributed by atoms with Crippen molar-refractivity contribution in [1.82, 2.24) is 4.90 Å². The number of carboxylic acid groups (broad SMARTS) is 1. The quantitative estimate of drug-likeness (QED) is 0.775. The molecular weight excluding hydrogens is 310 g/mol. The summed E-state index contributed by atoms with van der Waals surface area (Å²) in [6, 6.07) is 4.25. The third kappa shape index (κ3) is 4.19. The maximum atomic E-state index is 12.7. The lowest BCUT2D eigenvalue weighted by Crippen LogP contribution is -2.47. The summed E-state index contributed by atoms with van der Waals surface area (Å²) < 4.78 is 11.0. The maximum absolute atomic E-state index is 12.7. The number of unbranched alkanes of at least 4 members (excludes halogenated alkanes) is 1. The van der Waals surface area contributed by atoms with Crippen molar-refractivity contribution in [3.8, 4) is 11.5 Å². The van der Waals surface area contributed by atoms with Gasteiger partial charge in [0.2, 0.25) is 0 Å². The molecule has 0 aromatic heterocycles. The number of aliphatic carboxylic acids is 1. The highest BCUT2D eigenvalue weighted by Crippen LogP contribution is 2.30. The van der Waals surface area contributed by atoms with Crippen LogP contribution in [0, 0.1) is 0 Å². The third-order valence-corrected chi connectivity index (χ3v) is 4.21. The van der Waals surface area contributed by atoms with Crippen LogP contribution in [0.5, 0.6) is 11.5 Å². The number of methoxy groups -OCH3 is 1. The van der Waals surface area contributed by atoms with Crippen molar-refractivity contribution >= 4 is 11.9 Å². The zero-order chi connectivity index (χ0) is 17.5. The number of benzene rings is 1. The molecule has 0 radical (unpaired) electrons. The number of rotatable bonds is 7. The van der Waals surface area contributed by atoms with Crippen molar-refractivity contribution in [3.63, 3.8) is 0 Å². The average Bonchev–Trinajstić information content (AvgIpc) is 2.61. The molecule has 0 spiro atoms. The Morgan fingerprint density at radius 3 is 2.75 bits per heavy atom. The Morgan fingerprint density at radius 2 is 2.08 bits per heavy atom. The van der Waals surface area contributed by atoms with Crippen molar-refractivity contribution in [1.29, 1.82) is 0 Å². The molecule has 1 aromatic rings. The number of amides is 1. The summed E-state index contributed by atoms with van der Waals surface area (Å²) in [7, 11) is 1.53. The van der Waals surface area contributed by atoms with Gasteiger partial charge in [-0.3, -0.25) is 4.79 Å². The van der Waals surface area contributed by atoms with Crippen LogP contribution < -0.4 is 9.47 Å². The first kappa shape index (κ1) is 18.1. The molecule has 1 amide bonds. The van der Waals surface area contributed by atoms with Gasteiger partial charge >= 0.3 is 5.97 Å². The SMILES string of the molecule is CCCCOc1ccc(C(=O)N2CCCC[C@@H]2C(=O)O)cc1OC. The van der Waals surface area contributed by atoms with E-state index in [9.17, 15) is 14.7 Å². The Bertz CT molecular complexity index is 587. The smallest absolute Gasteiger partial charge is 0.326 e. The monoisotopic (exact) mass is 335 g/mol. The van der Waals surface area contributed by atoms with Gasteiger partial charge in [0, 0.05) is 12.1 Å². The highest BCUT2D eigenvalue weighted by Gasteiger charge is 2.32. The van der Waals surface area contributed by atoms with Crippen LogP contribution >= 0.6 is 0 Å². The van der Waals surface area contributed by atoms with Crippen molar-refractivity contribution in [2.24, 2.45) is 0 Å². The average molecular weight is 335 g/mol. The molecule has 1 heterocycles. The number of carboxylic acids is 1. The van der Waals surface area contributed by atoms with Gasteiger partial charge in [-0.25, -0.2) is 4.79 Å². The summed E-state index contributed by atoms with van der Waals surface area (Å²) in [5.41, 5.74) is 0.419. The predicted molar refractivity (Wildman–Crippen MR) is 89.7 cm³/mol. The fourth-order valence-corrected chi connectivity index (χ4v) is 2.84. The van der Waals surface area contributed by atoms with E-state index in [1.165, 1.54) is 12.0 Å². The van der Waals surface area contributed by atoms with Crippen LogP contribution in [0.25, 0.3) is 0 Å². The van der Waals surface area contributed by atoms with Crippen LogP contribution in [0.3, 0.4) is 0 Å². The van der Waals surface area contributed by atoms with E-state index >= 15 is 0 Å². The van der Waals surface area contributed by atoms with Gasteiger partial charge in [-0.1, -0.05) is 13.3 Å². The molecule has 132 valence electrons. The van der Waals surface area contributed by atoms with Gasteiger partial charge in [0.15, 0.2) is 11.5 Å². The molecule has 1 saturated heterocycles. The van der Waals surface area contributed by atoms with Crippen LogP contribution in [-0.4, -0.2) is 48.2 Å². The molecule has 1 N–H and O–H groups in total. The minimum Gasteiger partial charge on any atom is -0.493 e. The maximum Gasteiger partial charge on any atom is 0.326 e. The summed E-state index contributed by atoms with van der Waals surface area (Å²) in [6.45, 7) is 3.14.